The van der Waals surface area contributed by atoms with E-state index in [-0.39, 0.29) is 0 Å². The van der Waals surface area contributed by atoms with Crippen molar-refractivity contribution in [2.75, 3.05) is 0 Å². The van der Waals surface area contributed by atoms with E-state index in [0.29, 0.717) is 5.92 Å². The maximum absolute atomic E-state index is 9.04. The second kappa shape index (κ2) is 1.90. The minimum absolute atomic E-state index is 0.509. The van der Waals surface area contributed by atoms with Gasteiger partial charge in [-0.1, -0.05) is 13.8 Å². The monoisotopic (exact) mass is 134 g/mol. The Morgan fingerprint density at radius 1 is 1.75 bits per heavy atom. The van der Waals surface area contributed by atoms with E-state index in [2.05, 4.69) is 18.0 Å². The zero-order chi connectivity index (χ0) is 6.20. The van der Waals surface area contributed by atoms with Gasteiger partial charge >= 0.3 is 0 Å². The number of hydrogen-bond acceptors (Lipinski definition) is 3. The van der Waals surface area contributed by atoms with Gasteiger partial charge in [0, 0.05) is 6.42 Å². The molecule has 8 heavy (non-hydrogen) atoms. The fourth-order valence-electron chi connectivity index (χ4n) is 0.632. The van der Waals surface area contributed by atoms with Crippen LogP contribution in [0.4, 0.5) is 0 Å². The van der Waals surface area contributed by atoms with Crippen LogP contribution in [0.15, 0.2) is 0 Å². The van der Waals surface area contributed by atoms with Crippen molar-refractivity contribution in [2.45, 2.75) is 25.4 Å². The Labute approximate surface area is 53.4 Å². The summed E-state index contributed by atoms with van der Waals surface area (Å²) in [6.07, 6.45) is 0.734. The predicted molar refractivity (Wildman–Crippen MR) is 33.1 cm³/mol. The van der Waals surface area contributed by atoms with Crippen molar-refractivity contribution < 1.29 is 9.29 Å². The standard InChI is InChI=1S/C5H10O2S/c1-4(2)3-5(6)7-8-5/h4,6H,3H2,1-2H3. The number of rotatable bonds is 2. The first-order valence-electron chi connectivity index (χ1n) is 2.72. The first kappa shape index (κ1) is 6.39. The van der Waals surface area contributed by atoms with E-state index < -0.39 is 5.12 Å². The molecule has 0 radical (unpaired) electrons. The van der Waals surface area contributed by atoms with Gasteiger partial charge in [0.2, 0.25) is 0 Å². The molecule has 1 rings (SSSR count). The normalized spacial score (nSPS) is 36.0. The summed E-state index contributed by atoms with van der Waals surface area (Å²) in [7, 11) is 0. The van der Waals surface area contributed by atoms with Gasteiger partial charge in [0.15, 0.2) is 0 Å². The maximum atomic E-state index is 9.04. The zero-order valence-electron chi connectivity index (χ0n) is 5.05. The van der Waals surface area contributed by atoms with Crippen molar-refractivity contribution in [1.82, 2.24) is 0 Å². The van der Waals surface area contributed by atoms with Gasteiger partial charge in [0.05, 0.1) is 12.0 Å². The molecule has 0 amide bonds. The van der Waals surface area contributed by atoms with Crippen LogP contribution in [0.5, 0.6) is 0 Å². The van der Waals surface area contributed by atoms with Crippen LogP contribution >= 0.6 is 12.0 Å². The van der Waals surface area contributed by atoms with Crippen molar-refractivity contribution in [3.8, 4) is 0 Å². The zero-order valence-corrected chi connectivity index (χ0v) is 5.86. The molecule has 1 atom stereocenters. The highest BCUT2D eigenvalue weighted by atomic mass is 32.2. The fourth-order valence-corrected chi connectivity index (χ4v) is 1.20. The van der Waals surface area contributed by atoms with Crippen molar-refractivity contribution in [3.63, 3.8) is 0 Å². The quantitative estimate of drug-likeness (QED) is 0.457. The number of aliphatic hydroxyl groups is 1. The molecule has 0 saturated carbocycles. The van der Waals surface area contributed by atoms with E-state index in [1.165, 1.54) is 0 Å². The van der Waals surface area contributed by atoms with Crippen molar-refractivity contribution in [1.29, 1.82) is 0 Å². The third-order valence-corrected chi connectivity index (χ3v) is 1.66. The Morgan fingerprint density at radius 2 is 2.25 bits per heavy atom. The molecular formula is C5H10O2S. The molecule has 0 bridgehead atoms. The second-order valence-corrected chi connectivity index (χ2v) is 3.45. The van der Waals surface area contributed by atoms with E-state index in [4.69, 9.17) is 5.11 Å². The molecule has 0 aromatic heterocycles. The Bertz CT molecular complexity index is 88.4. The summed E-state index contributed by atoms with van der Waals surface area (Å²) in [6.45, 7) is 4.11. The number of hydrogen-bond donors (Lipinski definition) is 1. The van der Waals surface area contributed by atoms with Crippen molar-refractivity contribution >= 4 is 12.0 Å². The molecule has 1 fully saturated rings. The van der Waals surface area contributed by atoms with Crippen LogP contribution in [0.2, 0.25) is 0 Å². The molecule has 0 aliphatic carbocycles. The highest BCUT2D eigenvalue weighted by Gasteiger charge is 2.45. The van der Waals surface area contributed by atoms with Crippen LogP contribution in [-0.2, 0) is 4.18 Å². The summed E-state index contributed by atoms with van der Waals surface area (Å²) < 4.78 is 4.68. The van der Waals surface area contributed by atoms with Gasteiger partial charge in [0.1, 0.15) is 0 Å². The summed E-state index contributed by atoms with van der Waals surface area (Å²) in [5.41, 5.74) is 0. The van der Waals surface area contributed by atoms with Gasteiger partial charge in [0.25, 0.3) is 5.12 Å². The molecule has 3 heteroatoms. The molecule has 1 aliphatic heterocycles. The van der Waals surface area contributed by atoms with E-state index in [1.54, 1.807) is 0 Å². The van der Waals surface area contributed by atoms with Crippen LogP contribution in [0.3, 0.4) is 0 Å². The molecule has 1 unspecified atom stereocenters. The van der Waals surface area contributed by atoms with Crippen LogP contribution in [0.1, 0.15) is 20.3 Å². The van der Waals surface area contributed by atoms with Crippen LogP contribution < -0.4 is 0 Å². The lowest BCUT2D eigenvalue weighted by Crippen LogP contribution is -2.09. The highest BCUT2D eigenvalue weighted by molar-refractivity contribution is 8.01. The maximum Gasteiger partial charge on any atom is 0.253 e. The van der Waals surface area contributed by atoms with Gasteiger partial charge in [-0.2, -0.15) is 0 Å². The summed E-state index contributed by atoms with van der Waals surface area (Å²) in [5.74, 6) is 0.509. The predicted octanol–water partition coefficient (Wildman–Crippen LogP) is 1.36. The first-order chi connectivity index (χ1) is 3.62. The Balaban J connectivity index is 2.19. The van der Waals surface area contributed by atoms with E-state index in [1.807, 2.05) is 0 Å². The molecule has 1 heterocycles. The lowest BCUT2D eigenvalue weighted by atomic mass is 10.1. The van der Waals surface area contributed by atoms with E-state index >= 15 is 0 Å². The molecule has 1 saturated heterocycles. The SMILES string of the molecule is CC(C)CC1(O)OS1. The van der Waals surface area contributed by atoms with Crippen LogP contribution in [-0.4, -0.2) is 10.2 Å². The van der Waals surface area contributed by atoms with Gasteiger partial charge in [-0.15, -0.1) is 0 Å². The van der Waals surface area contributed by atoms with Crippen molar-refractivity contribution in [3.05, 3.63) is 0 Å². The minimum Gasteiger partial charge on any atom is -0.355 e. The average Bonchev–Trinajstić information content (AvgIpc) is 2.17. The summed E-state index contributed by atoms with van der Waals surface area (Å²) in [6, 6.07) is 0. The van der Waals surface area contributed by atoms with E-state index in [9.17, 15) is 0 Å². The molecule has 1 aliphatic rings. The molecule has 0 aromatic carbocycles. The lowest BCUT2D eigenvalue weighted by molar-refractivity contribution is 0.0187. The van der Waals surface area contributed by atoms with Gasteiger partial charge in [-0.25, -0.2) is 0 Å². The van der Waals surface area contributed by atoms with Gasteiger partial charge < -0.3 is 5.11 Å². The Hall–Kier alpha value is 0.270. The molecule has 0 spiro atoms. The molecule has 2 nitrogen and oxygen atoms in total. The second-order valence-electron chi connectivity index (χ2n) is 2.48. The first-order valence-corrected chi connectivity index (χ1v) is 3.46. The summed E-state index contributed by atoms with van der Waals surface area (Å²) in [4.78, 5) is 0. The Kier molecular flexibility index (Phi) is 1.52. The third kappa shape index (κ3) is 1.65. The highest BCUT2D eigenvalue weighted by Crippen LogP contribution is 2.48. The minimum atomic E-state index is -0.811. The van der Waals surface area contributed by atoms with Crippen molar-refractivity contribution in [2.24, 2.45) is 5.92 Å². The summed E-state index contributed by atoms with van der Waals surface area (Å²) >= 11 is 1.15. The molecule has 0 aromatic rings. The Morgan fingerprint density at radius 3 is 2.38 bits per heavy atom. The van der Waals surface area contributed by atoms with E-state index in [0.717, 1.165) is 18.5 Å². The third-order valence-electron chi connectivity index (χ3n) is 0.942. The van der Waals surface area contributed by atoms with Gasteiger partial charge in [-0.05, 0) is 5.92 Å². The van der Waals surface area contributed by atoms with Crippen LogP contribution in [0, 0.1) is 5.92 Å². The fraction of sp³-hybridized carbons (Fsp3) is 1.00. The summed E-state index contributed by atoms with van der Waals surface area (Å²) in [5, 5.41) is 8.23. The average molecular weight is 134 g/mol. The largest absolute Gasteiger partial charge is 0.355 e. The molecule has 48 valence electrons. The van der Waals surface area contributed by atoms with Gasteiger partial charge in [-0.3, -0.25) is 4.18 Å². The van der Waals surface area contributed by atoms with Crippen LogP contribution in [0.25, 0.3) is 0 Å². The smallest absolute Gasteiger partial charge is 0.253 e. The molecular weight excluding hydrogens is 124 g/mol. The lowest BCUT2D eigenvalue weighted by Gasteiger charge is -2.02. The molecule has 1 N–H and O–H groups in total. The topological polar surface area (TPSA) is 32.8 Å².